The standard InChI is InChI=1S/C14H8O2/c1-2-10-11(13-8-15-7-9(1)13)3-4-14-12(10)5-6-16-14/h1-8H. The molecule has 0 radical (unpaired) electrons. The number of rotatable bonds is 0. The van der Waals surface area contributed by atoms with Crippen LogP contribution in [0.4, 0.5) is 0 Å². The predicted octanol–water partition coefficient (Wildman–Crippen LogP) is 4.33. The van der Waals surface area contributed by atoms with E-state index in [1.54, 1.807) is 18.8 Å². The molecule has 0 N–H and O–H groups in total. The fourth-order valence-corrected chi connectivity index (χ4v) is 2.31. The van der Waals surface area contributed by atoms with Gasteiger partial charge in [0, 0.05) is 16.2 Å². The van der Waals surface area contributed by atoms with Crippen LogP contribution in [0.3, 0.4) is 0 Å². The molecule has 0 atom stereocenters. The molecule has 2 aromatic heterocycles. The van der Waals surface area contributed by atoms with Crippen LogP contribution in [0.5, 0.6) is 0 Å². The van der Waals surface area contributed by atoms with Crippen molar-refractivity contribution in [2.75, 3.05) is 0 Å². The van der Waals surface area contributed by atoms with Crippen LogP contribution in [0, 0.1) is 0 Å². The van der Waals surface area contributed by atoms with E-state index in [2.05, 4.69) is 18.2 Å². The first kappa shape index (κ1) is 7.99. The van der Waals surface area contributed by atoms with Gasteiger partial charge in [-0.2, -0.15) is 0 Å². The van der Waals surface area contributed by atoms with Crippen molar-refractivity contribution < 1.29 is 8.83 Å². The molecule has 2 heterocycles. The molecule has 4 aromatic rings. The van der Waals surface area contributed by atoms with Gasteiger partial charge in [-0.25, -0.2) is 0 Å². The van der Waals surface area contributed by atoms with Crippen LogP contribution in [0.2, 0.25) is 0 Å². The summed E-state index contributed by atoms with van der Waals surface area (Å²) in [4.78, 5) is 0. The van der Waals surface area contributed by atoms with Crippen molar-refractivity contribution in [1.29, 1.82) is 0 Å². The molecular weight excluding hydrogens is 200 g/mol. The molecule has 0 aliphatic carbocycles. The van der Waals surface area contributed by atoms with Gasteiger partial charge in [0.2, 0.25) is 0 Å². The summed E-state index contributed by atoms with van der Waals surface area (Å²) in [6.07, 6.45) is 5.29. The van der Waals surface area contributed by atoms with Crippen molar-refractivity contribution in [2.24, 2.45) is 0 Å². The smallest absolute Gasteiger partial charge is 0.134 e. The fourth-order valence-electron chi connectivity index (χ4n) is 2.31. The molecule has 0 amide bonds. The Labute approximate surface area is 91.1 Å². The van der Waals surface area contributed by atoms with Crippen LogP contribution in [0.1, 0.15) is 0 Å². The van der Waals surface area contributed by atoms with Crippen molar-refractivity contribution in [3.05, 3.63) is 49.1 Å². The van der Waals surface area contributed by atoms with E-state index in [1.807, 2.05) is 12.1 Å². The third kappa shape index (κ3) is 0.865. The normalized spacial score (nSPS) is 11.8. The van der Waals surface area contributed by atoms with Gasteiger partial charge >= 0.3 is 0 Å². The molecule has 0 unspecified atom stereocenters. The summed E-state index contributed by atoms with van der Waals surface area (Å²) < 4.78 is 10.6. The van der Waals surface area contributed by atoms with Crippen LogP contribution >= 0.6 is 0 Å². The Morgan fingerprint density at radius 1 is 0.688 bits per heavy atom. The van der Waals surface area contributed by atoms with Gasteiger partial charge in [-0.15, -0.1) is 0 Å². The van der Waals surface area contributed by atoms with E-state index in [-0.39, 0.29) is 0 Å². The zero-order valence-electron chi connectivity index (χ0n) is 8.44. The molecule has 16 heavy (non-hydrogen) atoms. The van der Waals surface area contributed by atoms with Crippen LogP contribution < -0.4 is 0 Å². The molecule has 76 valence electrons. The maximum atomic E-state index is 5.40. The molecule has 4 rings (SSSR count). The van der Waals surface area contributed by atoms with Crippen molar-refractivity contribution in [3.63, 3.8) is 0 Å². The molecule has 0 aliphatic rings. The Morgan fingerprint density at radius 2 is 1.56 bits per heavy atom. The Balaban J connectivity index is 2.38. The maximum absolute atomic E-state index is 5.40. The van der Waals surface area contributed by atoms with Crippen molar-refractivity contribution in [3.8, 4) is 0 Å². The molecule has 0 saturated heterocycles. The van der Waals surface area contributed by atoms with E-state index in [1.165, 1.54) is 10.8 Å². The van der Waals surface area contributed by atoms with E-state index >= 15 is 0 Å². The number of fused-ring (bicyclic) bond motifs is 5. The molecule has 2 aromatic carbocycles. The summed E-state index contributed by atoms with van der Waals surface area (Å²) in [6, 6.07) is 10.3. The summed E-state index contributed by atoms with van der Waals surface area (Å²) in [5.41, 5.74) is 0.926. The average Bonchev–Trinajstić information content (AvgIpc) is 2.96. The summed E-state index contributed by atoms with van der Waals surface area (Å²) in [5, 5.41) is 5.86. The number of hydrogen-bond acceptors (Lipinski definition) is 2. The van der Waals surface area contributed by atoms with Gasteiger partial charge in [0.1, 0.15) is 5.58 Å². The highest BCUT2D eigenvalue weighted by atomic mass is 16.3. The second-order valence-corrected chi connectivity index (χ2v) is 3.93. The molecular formula is C14H8O2. The molecule has 0 saturated carbocycles. The van der Waals surface area contributed by atoms with E-state index in [0.717, 1.165) is 21.7 Å². The van der Waals surface area contributed by atoms with Gasteiger partial charge < -0.3 is 8.83 Å². The highest BCUT2D eigenvalue weighted by Gasteiger charge is 2.06. The lowest BCUT2D eigenvalue weighted by Crippen LogP contribution is -1.74. The second-order valence-electron chi connectivity index (χ2n) is 3.93. The first-order chi connectivity index (χ1) is 7.93. The van der Waals surface area contributed by atoms with Crippen LogP contribution in [-0.2, 0) is 0 Å². The van der Waals surface area contributed by atoms with Crippen molar-refractivity contribution in [2.45, 2.75) is 0 Å². The lowest BCUT2D eigenvalue weighted by Gasteiger charge is -1.99. The third-order valence-corrected chi connectivity index (χ3v) is 3.09. The van der Waals surface area contributed by atoms with Gasteiger partial charge in [-0.3, -0.25) is 0 Å². The lowest BCUT2D eigenvalue weighted by molar-refractivity contribution is 0.572. The van der Waals surface area contributed by atoms with Gasteiger partial charge in [0.05, 0.1) is 18.8 Å². The van der Waals surface area contributed by atoms with E-state index < -0.39 is 0 Å². The van der Waals surface area contributed by atoms with Crippen LogP contribution in [0.15, 0.2) is 58.0 Å². The molecule has 2 nitrogen and oxygen atoms in total. The van der Waals surface area contributed by atoms with Crippen molar-refractivity contribution in [1.82, 2.24) is 0 Å². The zero-order valence-corrected chi connectivity index (χ0v) is 8.44. The topological polar surface area (TPSA) is 26.3 Å². The number of furan rings is 2. The molecule has 0 aliphatic heterocycles. The summed E-state index contributed by atoms with van der Waals surface area (Å²) >= 11 is 0. The Hall–Kier alpha value is -2.22. The van der Waals surface area contributed by atoms with Crippen LogP contribution in [0.25, 0.3) is 32.5 Å². The minimum absolute atomic E-state index is 0.926. The minimum atomic E-state index is 0.926. The van der Waals surface area contributed by atoms with E-state index in [0.29, 0.717) is 0 Å². The fraction of sp³-hybridized carbons (Fsp3) is 0. The third-order valence-electron chi connectivity index (χ3n) is 3.09. The first-order valence-electron chi connectivity index (χ1n) is 5.18. The highest BCUT2D eigenvalue weighted by Crippen LogP contribution is 2.31. The molecule has 2 heteroatoms. The van der Waals surface area contributed by atoms with Gasteiger partial charge in [0.25, 0.3) is 0 Å². The van der Waals surface area contributed by atoms with Gasteiger partial charge in [0.15, 0.2) is 0 Å². The molecule has 0 fully saturated rings. The Bertz CT molecular complexity index is 735. The van der Waals surface area contributed by atoms with Gasteiger partial charge in [-0.1, -0.05) is 12.1 Å². The SMILES string of the molecule is c1cc2c(ccc3c4cocc4ccc23)o1. The zero-order chi connectivity index (χ0) is 10.5. The number of hydrogen-bond donors (Lipinski definition) is 0. The van der Waals surface area contributed by atoms with Crippen molar-refractivity contribution >= 4 is 32.5 Å². The highest BCUT2D eigenvalue weighted by molar-refractivity contribution is 6.16. The summed E-state index contributed by atoms with van der Waals surface area (Å²) in [6.45, 7) is 0. The average molecular weight is 208 g/mol. The summed E-state index contributed by atoms with van der Waals surface area (Å²) in [5.74, 6) is 0. The predicted molar refractivity (Wildman–Crippen MR) is 63.5 cm³/mol. The first-order valence-corrected chi connectivity index (χ1v) is 5.18. The minimum Gasteiger partial charge on any atom is -0.471 e. The number of benzene rings is 2. The quantitative estimate of drug-likeness (QED) is 0.430. The summed E-state index contributed by atoms with van der Waals surface area (Å²) in [7, 11) is 0. The van der Waals surface area contributed by atoms with Gasteiger partial charge in [-0.05, 0) is 29.0 Å². The molecule has 0 bridgehead atoms. The lowest BCUT2D eigenvalue weighted by atomic mass is 10.0. The molecule has 0 spiro atoms. The Kier molecular flexibility index (Phi) is 1.33. The Morgan fingerprint density at radius 3 is 2.56 bits per heavy atom. The largest absolute Gasteiger partial charge is 0.471 e. The van der Waals surface area contributed by atoms with Crippen LogP contribution in [-0.4, -0.2) is 0 Å². The maximum Gasteiger partial charge on any atom is 0.134 e. The van der Waals surface area contributed by atoms with E-state index in [9.17, 15) is 0 Å². The second kappa shape index (κ2) is 2.67. The van der Waals surface area contributed by atoms with E-state index in [4.69, 9.17) is 8.83 Å². The monoisotopic (exact) mass is 208 g/mol.